The van der Waals surface area contributed by atoms with Crippen LogP contribution in [0.4, 0.5) is 15.8 Å². The molecule has 0 saturated carbocycles. The van der Waals surface area contributed by atoms with Gasteiger partial charge in [0.2, 0.25) is 0 Å². The third-order valence-corrected chi connectivity index (χ3v) is 4.00. The Kier molecular flexibility index (Phi) is 4.09. The minimum absolute atomic E-state index is 0.149. The van der Waals surface area contributed by atoms with Gasteiger partial charge in [-0.05, 0) is 44.0 Å². The van der Waals surface area contributed by atoms with Gasteiger partial charge >= 0.3 is 0 Å². The van der Waals surface area contributed by atoms with Crippen molar-refractivity contribution >= 4 is 11.4 Å². The fraction of sp³-hybridized carbons (Fsp3) is 0.333. The second kappa shape index (κ2) is 6.17. The fourth-order valence-electron chi connectivity index (χ4n) is 2.82. The van der Waals surface area contributed by atoms with Crippen LogP contribution in [0, 0.1) is 12.7 Å². The van der Waals surface area contributed by atoms with Gasteiger partial charge in [0.1, 0.15) is 5.82 Å². The maximum absolute atomic E-state index is 13.7. The van der Waals surface area contributed by atoms with E-state index >= 15 is 0 Å². The van der Waals surface area contributed by atoms with Crippen LogP contribution in [0.2, 0.25) is 0 Å². The SMILES string of the molecule is Cc1ccc(F)c(CNc2cccc(N3CCCC3)c2)c1. The molecule has 1 saturated heterocycles. The molecule has 3 heteroatoms. The standard InChI is InChI=1S/C18H21FN2/c1-14-7-8-18(19)15(11-14)13-20-16-5-4-6-17(12-16)21-9-2-3-10-21/h4-8,11-12,20H,2-3,9-10,13H2,1H3. The van der Waals surface area contributed by atoms with Gasteiger partial charge in [-0.3, -0.25) is 0 Å². The Balaban J connectivity index is 1.70. The monoisotopic (exact) mass is 284 g/mol. The summed E-state index contributed by atoms with van der Waals surface area (Å²) in [6, 6.07) is 13.6. The molecule has 0 bridgehead atoms. The summed E-state index contributed by atoms with van der Waals surface area (Å²) in [5, 5.41) is 3.33. The molecule has 0 radical (unpaired) electrons. The van der Waals surface area contributed by atoms with E-state index < -0.39 is 0 Å². The predicted molar refractivity (Wildman–Crippen MR) is 86.4 cm³/mol. The Hall–Kier alpha value is -2.03. The number of rotatable bonds is 4. The van der Waals surface area contributed by atoms with Gasteiger partial charge in [0, 0.05) is 36.6 Å². The van der Waals surface area contributed by atoms with E-state index in [1.807, 2.05) is 19.1 Å². The molecule has 0 unspecified atom stereocenters. The highest BCUT2D eigenvalue weighted by Gasteiger charge is 2.12. The van der Waals surface area contributed by atoms with Crippen molar-refractivity contribution in [2.24, 2.45) is 0 Å². The molecule has 0 spiro atoms. The first-order valence-corrected chi connectivity index (χ1v) is 7.56. The quantitative estimate of drug-likeness (QED) is 0.898. The molecule has 2 nitrogen and oxygen atoms in total. The van der Waals surface area contributed by atoms with Crippen LogP contribution >= 0.6 is 0 Å². The summed E-state index contributed by atoms with van der Waals surface area (Å²) in [7, 11) is 0. The highest BCUT2D eigenvalue weighted by molar-refractivity contribution is 5.58. The molecular formula is C18H21FN2. The summed E-state index contributed by atoms with van der Waals surface area (Å²) >= 11 is 0. The van der Waals surface area contributed by atoms with Crippen LogP contribution in [-0.4, -0.2) is 13.1 Å². The van der Waals surface area contributed by atoms with E-state index in [-0.39, 0.29) is 5.82 Å². The summed E-state index contributed by atoms with van der Waals surface area (Å²) < 4.78 is 13.7. The van der Waals surface area contributed by atoms with Crippen LogP contribution in [-0.2, 0) is 6.54 Å². The molecule has 1 aliphatic heterocycles. The molecule has 1 aliphatic rings. The lowest BCUT2D eigenvalue weighted by molar-refractivity contribution is 0.612. The zero-order valence-corrected chi connectivity index (χ0v) is 12.4. The number of benzene rings is 2. The summed E-state index contributed by atoms with van der Waals surface area (Å²) in [6.07, 6.45) is 2.54. The average molecular weight is 284 g/mol. The number of hydrogen-bond acceptors (Lipinski definition) is 2. The van der Waals surface area contributed by atoms with Crippen LogP contribution in [0.25, 0.3) is 0 Å². The number of anilines is 2. The number of nitrogens with zero attached hydrogens (tertiary/aromatic N) is 1. The summed E-state index contributed by atoms with van der Waals surface area (Å²) in [5.74, 6) is -0.149. The molecule has 21 heavy (non-hydrogen) atoms. The normalized spacial score (nSPS) is 14.5. The third kappa shape index (κ3) is 3.35. The fourth-order valence-corrected chi connectivity index (χ4v) is 2.82. The van der Waals surface area contributed by atoms with Crippen LogP contribution in [0.3, 0.4) is 0 Å². The molecule has 2 aromatic rings. The van der Waals surface area contributed by atoms with Crippen LogP contribution in [0.5, 0.6) is 0 Å². The van der Waals surface area contributed by atoms with Crippen molar-refractivity contribution in [3.8, 4) is 0 Å². The smallest absolute Gasteiger partial charge is 0.128 e. The van der Waals surface area contributed by atoms with E-state index in [0.29, 0.717) is 12.1 Å². The highest BCUT2D eigenvalue weighted by atomic mass is 19.1. The van der Waals surface area contributed by atoms with E-state index in [0.717, 1.165) is 24.3 Å². The maximum Gasteiger partial charge on any atom is 0.128 e. The third-order valence-electron chi connectivity index (χ3n) is 4.00. The molecule has 1 heterocycles. The Morgan fingerprint density at radius 3 is 2.71 bits per heavy atom. The lowest BCUT2D eigenvalue weighted by atomic mass is 10.1. The van der Waals surface area contributed by atoms with Gasteiger partial charge < -0.3 is 10.2 Å². The predicted octanol–water partition coefficient (Wildman–Crippen LogP) is 4.35. The Morgan fingerprint density at radius 1 is 1.10 bits per heavy atom. The summed E-state index contributed by atoms with van der Waals surface area (Å²) in [5.41, 5.74) is 4.09. The summed E-state index contributed by atoms with van der Waals surface area (Å²) in [6.45, 7) is 4.76. The minimum atomic E-state index is -0.149. The van der Waals surface area contributed by atoms with Crippen LogP contribution in [0.1, 0.15) is 24.0 Å². The first kappa shape index (κ1) is 13.9. The van der Waals surface area contributed by atoms with Gasteiger partial charge in [-0.1, -0.05) is 23.8 Å². The lowest BCUT2D eigenvalue weighted by Crippen LogP contribution is -2.17. The molecule has 0 aliphatic carbocycles. The molecule has 0 amide bonds. The van der Waals surface area contributed by atoms with Crippen LogP contribution < -0.4 is 10.2 Å². The maximum atomic E-state index is 13.7. The lowest BCUT2D eigenvalue weighted by Gasteiger charge is -2.18. The molecule has 3 rings (SSSR count). The van der Waals surface area contributed by atoms with E-state index in [4.69, 9.17) is 0 Å². The Morgan fingerprint density at radius 2 is 1.90 bits per heavy atom. The number of halogens is 1. The van der Waals surface area contributed by atoms with E-state index in [2.05, 4.69) is 28.4 Å². The number of hydrogen-bond donors (Lipinski definition) is 1. The number of nitrogens with one attached hydrogen (secondary N) is 1. The molecule has 110 valence electrons. The van der Waals surface area contributed by atoms with Gasteiger partial charge in [-0.2, -0.15) is 0 Å². The second-order valence-electron chi connectivity index (χ2n) is 5.69. The minimum Gasteiger partial charge on any atom is -0.381 e. The van der Waals surface area contributed by atoms with Crippen molar-refractivity contribution in [1.29, 1.82) is 0 Å². The average Bonchev–Trinajstić information content (AvgIpc) is 3.03. The van der Waals surface area contributed by atoms with Crippen molar-refractivity contribution < 1.29 is 4.39 Å². The van der Waals surface area contributed by atoms with E-state index in [1.165, 1.54) is 24.6 Å². The summed E-state index contributed by atoms with van der Waals surface area (Å²) in [4.78, 5) is 2.40. The van der Waals surface area contributed by atoms with Crippen molar-refractivity contribution in [3.63, 3.8) is 0 Å². The topological polar surface area (TPSA) is 15.3 Å². The molecule has 1 N–H and O–H groups in total. The Bertz CT molecular complexity index is 618. The van der Waals surface area contributed by atoms with Crippen molar-refractivity contribution in [2.75, 3.05) is 23.3 Å². The van der Waals surface area contributed by atoms with Gasteiger partial charge in [0.15, 0.2) is 0 Å². The van der Waals surface area contributed by atoms with Crippen molar-refractivity contribution in [1.82, 2.24) is 0 Å². The zero-order chi connectivity index (χ0) is 14.7. The van der Waals surface area contributed by atoms with Gasteiger partial charge in [-0.15, -0.1) is 0 Å². The van der Waals surface area contributed by atoms with Crippen molar-refractivity contribution in [2.45, 2.75) is 26.3 Å². The van der Waals surface area contributed by atoms with Gasteiger partial charge in [-0.25, -0.2) is 4.39 Å². The zero-order valence-electron chi connectivity index (χ0n) is 12.4. The molecular weight excluding hydrogens is 263 g/mol. The second-order valence-corrected chi connectivity index (χ2v) is 5.69. The van der Waals surface area contributed by atoms with Crippen molar-refractivity contribution in [3.05, 3.63) is 59.4 Å². The van der Waals surface area contributed by atoms with Gasteiger partial charge in [0.05, 0.1) is 0 Å². The van der Waals surface area contributed by atoms with Gasteiger partial charge in [0.25, 0.3) is 0 Å². The van der Waals surface area contributed by atoms with Crippen LogP contribution in [0.15, 0.2) is 42.5 Å². The highest BCUT2D eigenvalue weighted by Crippen LogP contribution is 2.23. The molecule has 0 aromatic heterocycles. The number of aryl methyl sites for hydroxylation is 1. The molecule has 2 aromatic carbocycles. The van der Waals surface area contributed by atoms with E-state index in [9.17, 15) is 4.39 Å². The Labute approximate surface area is 125 Å². The van der Waals surface area contributed by atoms with E-state index in [1.54, 1.807) is 6.07 Å². The molecule has 0 atom stereocenters. The largest absolute Gasteiger partial charge is 0.381 e. The first-order chi connectivity index (χ1) is 10.2. The molecule has 1 fully saturated rings. The first-order valence-electron chi connectivity index (χ1n) is 7.56.